The Morgan fingerprint density at radius 1 is 1.35 bits per heavy atom. The number of hydrogen-bond acceptors (Lipinski definition) is 3. The van der Waals surface area contributed by atoms with E-state index in [-0.39, 0.29) is 24.5 Å². The molecule has 1 fully saturated rings. The van der Waals surface area contributed by atoms with Gasteiger partial charge in [0.2, 0.25) is 0 Å². The molecule has 0 aromatic heterocycles. The number of rotatable bonds is 3. The third-order valence-corrected chi connectivity index (χ3v) is 3.56. The van der Waals surface area contributed by atoms with Gasteiger partial charge in [0.05, 0.1) is 0 Å². The minimum Gasteiger partial charge on any atom is -0.446 e. The smallest absolute Gasteiger partial charge is 0.417 e. The molecule has 0 radical (unpaired) electrons. The van der Waals surface area contributed by atoms with E-state index in [1.165, 1.54) is 11.0 Å². The first kappa shape index (κ1) is 14.3. The van der Waals surface area contributed by atoms with Gasteiger partial charge in [-0.2, -0.15) is 0 Å². The first-order chi connectivity index (χ1) is 9.50. The standard InChI is InChI=1S/C16H19NO3/c1-11(2)12(3)9-15(18)17-14(10-20-16(17)19)13-7-5-4-6-8-13/h4-9,11,14H,10H2,1-3H3/b12-9+/t14-/m0/s1. The van der Waals surface area contributed by atoms with Crippen molar-refractivity contribution < 1.29 is 14.3 Å². The molecule has 1 aliphatic heterocycles. The van der Waals surface area contributed by atoms with Gasteiger partial charge in [-0.05, 0) is 18.4 Å². The molecule has 0 aliphatic carbocycles. The lowest BCUT2D eigenvalue weighted by Gasteiger charge is -2.19. The molecule has 106 valence electrons. The summed E-state index contributed by atoms with van der Waals surface area (Å²) in [5.41, 5.74) is 1.85. The molecule has 4 heteroatoms. The van der Waals surface area contributed by atoms with Crippen LogP contribution in [0.25, 0.3) is 0 Å². The molecule has 1 aliphatic rings. The molecule has 20 heavy (non-hydrogen) atoms. The van der Waals surface area contributed by atoms with E-state index < -0.39 is 6.09 Å². The first-order valence-electron chi connectivity index (χ1n) is 6.73. The maximum atomic E-state index is 12.3. The molecule has 0 bridgehead atoms. The van der Waals surface area contributed by atoms with Crippen LogP contribution in [0.2, 0.25) is 0 Å². The molecule has 2 rings (SSSR count). The van der Waals surface area contributed by atoms with Crippen molar-refractivity contribution in [1.29, 1.82) is 0 Å². The monoisotopic (exact) mass is 273 g/mol. The molecule has 0 unspecified atom stereocenters. The fourth-order valence-electron chi connectivity index (χ4n) is 2.02. The lowest BCUT2D eigenvalue weighted by Crippen LogP contribution is -2.33. The summed E-state index contributed by atoms with van der Waals surface area (Å²) in [5.74, 6) is -0.0414. The van der Waals surface area contributed by atoms with Crippen LogP contribution in [-0.4, -0.2) is 23.5 Å². The number of nitrogens with zero attached hydrogens (tertiary/aromatic N) is 1. The van der Waals surface area contributed by atoms with Crippen LogP contribution in [0, 0.1) is 5.92 Å². The van der Waals surface area contributed by atoms with Gasteiger partial charge in [-0.3, -0.25) is 4.79 Å². The van der Waals surface area contributed by atoms with Crippen molar-refractivity contribution >= 4 is 12.0 Å². The number of allylic oxidation sites excluding steroid dienone is 1. The Morgan fingerprint density at radius 3 is 2.60 bits per heavy atom. The van der Waals surface area contributed by atoms with Crippen LogP contribution >= 0.6 is 0 Å². The van der Waals surface area contributed by atoms with E-state index in [4.69, 9.17) is 4.74 Å². The molecule has 0 saturated carbocycles. The van der Waals surface area contributed by atoms with Gasteiger partial charge in [-0.1, -0.05) is 49.8 Å². The Morgan fingerprint density at radius 2 is 2.00 bits per heavy atom. The van der Waals surface area contributed by atoms with Crippen molar-refractivity contribution in [2.45, 2.75) is 26.8 Å². The molecule has 1 aromatic carbocycles. The fourth-order valence-corrected chi connectivity index (χ4v) is 2.02. The zero-order chi connectivity index (χ0) is 14.7. The van der Waals surface area contributed by atoms with Crippen LogP contribution < -0.4 is 0 Å². The van der Waals surface area contributed by atoms with Crippen LogP contribution in [0.3, 0.4) is 0 Å². The number of carbonyl (C=O) groups is 2. The lowest BCUT2D eigenvalue weighted by atomic mass is 10.0. The maximum absolute atomic E-state index is 12.3. The fraction of sp³-hybridized carbons (Fsp3) is 0.375. The lowest BCUT2D eigenvalue weighted by molar-refractivity contribution is -0.124. The Labute approximate surface area is 119 Å². The highest BCUT2D eigenvalue weighted by Gasteiger charge is 2.37. The number of benzene rings is 1. The van der Waals surface area contributed by atoms with E-state index >= 15 is 0 Å². The Bertz CT molecular complexity index is 534. The summed E-state index contributed by atoms with van der Waals surface area (Å²) in [4.78, 5) is 25.3. The molecule has 1 saturated heterocycles. The van der Waals surface area contributed by atoms with Gasteiger partial charge in [0, 0.05) is 6.08 Å². The summed E-state index contributed by atoms with van der Waals surface area (Å²) in [6, 6.07) is 9.12. The van der Waals surface area contributed by atoms with E-state index in [0.29, 0.717) is 0 Å². The zero-order valence-corrected chi connectivity index (χ0v) is 12.0. The average molecular weight is 273 g/mol. The molecule has 0 N–H and O–H groups in total. The summed E-state index contributed by atoms with van der Waals surface area (Å²) >= 11 is 0. The molecule has 1 aromatic rings. The van der Waals surface area contributed by atoms with Gasteiger partial charge in [-0.15, -0.1) is 0 Å². The quantitative estimate of drug-likeness (QED) is 0.794. The number of amides is 2. The second kappa shape index (κ2) is 5.90. The maximum Gasteiger partial charge on any atom is 0.417 e. The SMILES string of the molecule is C/C(=C\C(=O)N1C(=O)OC[C@H]1c1ccccc1)C(C)C. The minimum absolute atomic E-state index is 0.211. The van der Waals surface area contributed by atoms with Crippen molar-refractivity contribution in [2.24, 2.45) is 5.92 Å². The molecular weight excluding hydrogens is 254 g/mol. The Kier molecular flexibility index (Phi) is 4.23. The van der Waals surface area contributed by atoms with Crippen LogP contribution in [0.15, 0.2) is 42.0 Å². The summed E-state index contributed by atoms with van der Waals surface area (Å²) in [6.07, 6.45) is 0.948. The van der Waals surface area contributed by atoms with Crippen LogP contribution in [0.1, 0.15) is 32.4 Å². The first-order valence-corrected chi connectivity index (χ1v) is 6.73. The van der Waals surface area contributed by atoms with E-state index in [9.17, 15) is 9.59 Å². The van der Waals surface area contributed by atoms with Gasteiger partial charge < -0.3 is 4.74 Å². The van der Waals surface area contributed by atoms with Crippen molar-refractivity contribution in [3.63, 3.8) is 0 Å². The second-order valence-corrected chi connectivity index (χ2v) is 5.25. The highest BCUT2D eigenvalue weighted by atomic mass is 16.6. The normalized spacial score (nSPS) is 19.4. The van der Waals surface area contributed by atoms with Gasteiger partial charge >= 0.3 is 6.09 Å². The van der Waals surface area contributed by atoms with Crippen molar-refractivity contribution in [1.82, 2.24) is 4.90 Å². The summed E-state index contributed by atoms with van der Waals surface area (Å²) in [7, 11) is 0. The van der Waals surface area contributed by atoms with Crippen LogP contribution in [-0.2, 0) is 9.53 Å². The topological polar surface area (TPSA) is 46.6 Å². The predicted octanol–water partition coefficient (Wildman–Crippen LogP) is 3.31. The van der Waals surface area contributed by atoms with Crippen molar-refractivity contribution in [3.8, 4) is 0 Å². The van der Waals surface area contributed by atoms with Crippen molar-refractivity contribution in [2.75, 3.05) is 6.61 Å². The highest BCUT2D eigenvalue weighted by molar-refractivity contribution is 6.00. The third-order valence-electron chi connectivity index (χ3n) is 3.56. The summed E-state index contributed by atoms with van der Waals surface area (Å²) in [6.45, 7) is 6.12. The average Bonchev–Trinajstić information content (AvgIpc) is 2.81. The van der Waals surface area contributed by atoms with Crippen LogP contribution in [0.5, 0.6) is 0 Å². The van der Waals surface area contributed by atoms with Crippen molar-refractivity contribution in [3.05, 3.63) is 47.5 Å². The Balaban J connectivity index is 2.26. The molecule has 1 atom stereocenters. The number of hydrogen-bond donors (Lipinski definition) is 0. The summed E-state index contributed by atoms with van der Waals surface area (Å²) in [5, 5.41) is 0. The summed E-state index contributed by atoms with van der Waals surface area (Å²) < 4.78 is 5.03. The highest BCUT2D eigenvalue weighted by Crippen LogP contribution is 2.28. The molecule has 1 heterocycles. The zero-order valence-electron chi connectivity index (χ0n) is 12.0. The molecular formula is C16H19NO3. The minimum atomic E-state index is -0.573. The van der Waals surface area contributed by atoms with E-state index in [1.807, 2.05) is 51.1 Å². The molecule has 4 nitrogen and oxygen atoms in total. The number of ether oxygens (including phenoxy) is 1. The van der Waals surface area contributed by atoms with E-state index in [0.717, 1.165) is 11.1 Å². The molecule has 0 spiro atoms. The second-order valence-electron chi connectivity index (χ2n) is 5.25. The van der Waals surface area contributed by atoms with Gasteiger partial charge in [-0.25, -0.2) is 9.69 Å². The van der Waals surface area contributed by atoms with Gasteiger partial charge in [0.15, 0.2) is 0 Å². The van der Waals surface area contributed by atoms with E-state index in [1.54, 1.807) is 0 Å². The third kappa shape index (κ3) is 2.90. The Hall–Kier alpha value is -2.10. The number of cyclic esters (lactones) is 1. The van der Waals surface area contributed by atoms with E-state index in [2.05, 4.69) is 0 Å². The predicted molar refractivity (Wildman–Crippen MR) is 76.0 cm³/mol. The van der Waals surface area contributed by atoms with Gasteiger partial charge in [0.25, 0.3) is 5.91 Å². The number of carbonyl (C=O) groups excluding carboxylic acids is 2. The molecule has 2 amide bonds. The van der Waals surface area contributed by atoms with Crippen LogP contribution in [0.4, 0.5) is 4.79 Å². The number of imide groups is 1. The largest absolute Gasteiger partial charge is 0.446 e. The van der Waals surface area contributed by atoms with Gasteiger partial charge in [0.1, 0.15) is 12.6 Å².